The van der Waals surface area contributed by atoms with Gasteiger partial charge in [0.25, 0.3) is 5.91 Å². The van der Waals surface area contributed by atoms with E-state index in [4.69, 9.17) is 11.6 Å². The van der Waals surface area contributed by atoms with Crippen molar-refractivity contribution < 1.29 is 4.79 Å². The minimum Gasteiger partial charge on any atom is -0.351 e. The van der Waals surface area contributed by atoms with Crippen LogP contribution < -0.4 is 5.32 Å². The molecule has 1 rings (SSSR count). The highest BCUT2D eigenvalue weighted by atomic mass is 79.9. The normalized spacial score (nSPS) is 11.5. The van der Waals surface area contributed by atoms with Crippen LogP contribution in [0.5, 0.6) is 0 Å². The van der Waals surface area contributed by atoms with E-state index < -0.39 is 0 Å². The zero-order valence-electron chi connectivity index (χ0n) is 10.1. The van der Waals surface area contributed by atoms with E-state index in [-0.39, 0.29) is 11.3 Å². The molecule has 0 unspecified atom stereocenters. The first kappa shape index (κ1) is 15.0. The molecule has 0 aliphatic carbocycles. The van der Waals surface area contributed by atoms with Gasteiger partial charge in [-0.1, -0.05) is 13.8 Å². The number of nitrogens with one attached hydrogen (secondary N) is 1. The molecule has 0 aromatic carbocycles. The van der Waals surface area contributed by atoms with Gasteiger partial charge >= 0.3 is 0 Å². The number of carbonyl (C=O) groups excluding carboxylic acids is 1. The first-order chi connectivity index (χ1) is 8.06. The standard InChI is InChI=1S/C12H17BrClNOS/c1-3-12(4-2,7-14)8-15-11(16)9-5-10(13)17-6-9/h5-6H,3-4,7-8H2,1-2H3,(H,15,16). The summed E-state index contributed by atoms with van der Waals surface area (Å²) >= 11 is 10.9. The van der Waals surface area contributed by atoms with Crippen molar-refractivity contribution in [2.75, 3.05) is 12.4 Å². The lowest BCUT2D eigenvalue weighted by molar-refractivity contribution is 0.0932. The molecule has 0 aliphatic rings. The van der Waals surface area contributed by atoms with Crippen LogP contribution in [0.2, 0.25) is 0 Å². The van der Waals surface area contributed by atoms with Crippen LogP contribution in [-0.4, -0.2) is 18.3 Å². The van der Waals surface area contributed by atoms with Gasteiger partial charge in [0.05, 0.1) is 9.35 Å². The molecule has 0 radical (unpaired) electrons. The van der Waals surface area contributed by atoms with Gasteiger partial charge in [-0.25, -0.2) is 0 Å². The first-order valence-corrected chi connectivity index (χ1v) is 7.86. The average Bonchev–Trinajstić information content (AvgIpc) is 2.78. The van der Waals surface area contributed by atoms with Gasteiger partial charge < -0.3 is 5.32 Å². The van der Waals surface area contributed by atoms with Gasteiger partial charge in [-0.3, -0.25) is 4.79 Å². The van der Waals surface area contributed by atoms with E-state index in [1.54, 1.807) is 0 Å². The van der Waals surface area contributed by atoms with E-state index in [1.165, 1.54) is 11.3 Å². The molecule has 0 atom stereocenters. The molecule has 17 heavy (non-hydrogen) atoms. The number of carbonyl (C=O) groups is 1. The molecule has 1 heterocycles. The Balaban J connectivity index is 2.58. The third-order valence-corrected chi connectivity index (χ3v) is 5.31. The van der Waals surface area contributed by atoms with Crippen molar-refractivity contribution in [1.82, 2.24) is 5.32 Å². The minimum absolute atomic E-state index is 0.0183. The zero-order chi connectivity index (χ0) is 12.9. The molecule has 1 N–H and O–H groups in total. The Morgan fingerprint density at radius 1 is 1.53 bits per heavy atom. The van der Waals surface area contributed by atoms with Crippen LogP contribution in [-0.2, 0) is 0 Å². The van der Waals surface area contributed by atoms with Crippen LogP contribution in [0.4, 0.5) is 0 Å². The third kappa shape index (κ3) is 3.97. The summed E-state index contributed by atoms with van der Waals surface area (Å²) in [4.78, 5) is 11.9. The second-order valence-corrected chi connectivity index (χ2v) is 6.72. The second-order valence-electron chi connectivity index (χ2n) is 4.16. The maximum absolute atomic E-state index is 11.9. The number of halogens is 2. The number of rotatable bonds is 6. The van der Waals surface area contributed by atoms with E-state index in [0.29, 0.717) is 18.0 Å². The Labute approximate surface area is 120 Å². The quantitative estimate of drug-likeness (QED) is 0.770. The van der Waals surface area contributed by atoms with E-state index >= 15 is 0 Å². The van der Waals surface area contributed by atoms with E-state index in [1.807, 2.05) is 11.4 Å². The first-order valence-electron chi connectivity index (χ1n) is 5.65. The highest BCUT2D eigenvalue weighted by Gasteiger charge is 2.25. The molecule has 0 saturated carbocycles. The molecule has 2 nitrogen and oxygen atoms in total. The lowest BCUT2D eigenvalue weighted by Crippen LogP contribution is -2.38. The van der Waals surface area contributed by atoms with Crippen molar-refractivity contribution in [3.05, 3.63) is 20.8 Å². The highest BCUT2D eigenvalue weighted by molar-refractivity contribution is 9.11. The summed E-state index contributed by atoms with van der Waals surface area (Å²) in [6, 6.07) is 1.83. The fourth-order valence-electron chi connectivity index (χ4n) is 1.54. The van der Waals surface area contributed by atoms with Crippen LogP contribution in [0.3, 0.4) is 0 Å². The van der Waals surface area contributed by atoms with Crippen molar-refractivity contribution >= 4 is 44.8 Å². The van der Waals surface area contributed by atoms with Crippen molar-refractivity contribution in [3.8, 4) is 0 Å². The molecule has 1 aromatic rings. The summed E-state index contributed by atoms with van der Waals surface area (Å²) < 4.78 is 0.970. The van der Waals surface area contributed by atoms with Gasteiger partial charge in [-0.15, -0.1) is 22.9 Å². The molecular formula is C12H17BrClNOS. The van der Waals surface area contributed by atoms with Crippen LogP contribution in [0.25, 0.3) is 0 Å². The molecule has 96 valence electrons. The number of hydrogen-bond donors (Lipinski definition) is 1. The van der Waals surface area contributed by atoms with Crippen molar-refractivity contribution in [3.63, 3.8) is 0 Å². The summed E-state index contributed by atoms with van der Waals surface area (Å²) in [5.41, 5.74) is 0.724. The summed E-state index contributed by atoms with van der Waals surface area (Å²) in [5.74, 6) is 0.552. The summed E-state index contributed by atoms with van der Waals surface area (Å²) in [5, 5.41) is 4.82. The highest BCUT2D eigenvalue weighted by Crippen LogP contribution is 2.27. The number of alkyl halides is 1. The Bertz CT molecular complexity index is 368. The van der Waals surface area contributed by atoms with Crippen molar-refractivity contribution in [2.24, 2.45) is 5.41 Å². The van der Waals surface area contributed by atoms with E-state index in [0.717, 1.165) is 16.6 Å². The molecule has 0 bridgehead atoms. The topological polar surface area (TPSA) is 29.1 Å². The Morgan fingerprint density at radius 2 is 2.18 bits per heavy atom. The largest absolute Gasteiger partial charge is 0.351 e. The molecule has 0 aliphatic heterocycles. The van der Waals surface area contributed by atoms with Crippen LogP contribution in [0.15, 0.2) is 15.2 Å². The zero-order valence-corrected chi connectivity index (χ0v) is 13.2. The van der Waals surface area contributed by atoms with Crippen LogP contribution in [0.1, 0.15) is 37.0 Å². The van der Waals surface area contributed by atoms with Crippen LogP contribution in [0, 0.1) is 5.41 Å². The van der Waals surface area contributed by atoms with Crippen molar-refractivity contribution in [2.45, 2.75) is 26.7 Å². The van der Waals surface area contributed by atoms with Gasteiger partial charge in [-0.05, 0) is 34.8 Å². The smallest absolute Gasteiger partial charge is 0.252 e. The van der Waals surface area contributed by atoms with E-state index in [9.17, 15) is 4.79 Å². The second kappa shape index (κ2) is 6.76. The van der Waals surface area contributed by atoms with Crippen molar-refractivity contribution in [1.29, 1.82) is 0 Å². The summed E-state index contributed by atoms with van der Waals surface area (Å²) in [6.45, 7) is 4.86. The maximum Gasteiger partial charge on any atom is 0.252 e. The molecule has 0 saturated heterocycles. The molecule has 1 amide bonds. The fraction of sp³-hybridized carbons (Fsp3) is 0.583. The minimum atomic E-state index is -0.0247. The molecule has 1 aromatic heterocycles. The molecule has 5 heteroatoms. The Morgan fingerprint density at radius 3 is 2.59 bits per heavy atom. The lowest BCUT2D eigenvalue weighted by Gasteiger charge is -2.29. The van der Waals surface area contributed by atoms with E-state index in [2.05, 4.69) is 35.1 Å². The lowest BCUT2D eigenvalue weighted by atomic mass is 9.84. The SMILES string of the molecule is CCC(CC)(CCl)CNC(=O)c1csc(Br)c1. The number of amides is 1. The Kier molecular flexibility index (Phi) is 5.97. The van der Waals surface area contributed by atoms with Gasteiger partial charge in [0.15, 0.2) is 0 Å². The third-order valence-electron chi connectivity index (χ3n) is 3.24. The summed E-state index contributed by atoms with van der Waals surface area (Å²) in [7, 11) is 0. The average molecular weight is 339 g/mol. The van der Waals surface area contributed by atoms with Gasteiger partial charge in [0.2, 0.25) is 0 Å². The molecule has 0 spiro atoms. The van der Waals surface area contributed by atoms with Gasteiger partial charge in [0, 0.05) is 23.2 Å². The monoisotopic (exact) mass is 337 g/mol. The molecular weight excluding hydrogens is 322 g/mol. The molecule has 0 fully saturated rings. The Hall–Kier alpha value is -0.0600. The van der Waals surface area contributed by atoms with Gasteiger partial charge in [0.1, 0.15) is 0 Å². The fourth-order valence-corrected chi connectivity index (χ4v) is 3.14. The predicted octanol–water partition coefficient (Wildman–Crippen LogP) is 4.29. The van der Waals surface area contributed by atoms with Crippen LogP contribution >= 0.6 is 38.9 Å². The van der Waals surface area contributed by atoms with Gasteiger partial charge in [-0.2, -0.15) is 0 Å². The number of thiophene rings is 1. The summed E-state index contributed by atoms with van der Waals surface area (Å²) in [6.07, 6.45) is 1.95. The predicted molar refractivity (Wildman–Crippen MR) is 78.1 cm³/mol. The number of hydrogen-bond acceptors (Lipinski definition) is 2. The maximum atomic E-state index is 11.9.